The molecule has 25 heavy (non-hydrogen) atoms. The minimum absolute atomic E-state index is 0. The number of halogens is 1. The standard InChI is InChI=1S/C19H31N3O2.ClH/c23-18-11-15(13-22(18)17-3-1-2-4-17)19(24)21-9-7-16(8-10-21)20-12-14-5-6-14;/h14-17,20H,1-13H2;1H. The van der Waals surface area contributed by atoms with Crippen LogP contribution in [0.2, 0.25) is 0 Å². The van der Waals surface area contributed by atoms with Crippen LogP contribution in [0.15, 0.2) is 0 Å². The summed E-state index contributed by atoms with van der Waals surface area (Å²) in [7, 11) is 0. The first-order valence-electron chi connectivity index (χ1n) is 10.0. The lowest BCUT2D eigenvalue weighted by atomic mass is 10.0. The number of rotatable bonds is 5. The molecule has 0 aromatic rings. The van der Waals surface area contributed by atoms with Crippen LogP contribution >= 0.6 is 12.4 Å². The first kappa shape index (κ1) is 19.0. The van der Waals surface area contributed by atoms with Crippen LogP contribution in [0.3, 0.4) is 0 Å². The Balaban J connectivity index is 0.00000182. The number of carbonyl (C=O) groups is 2. The summed E-state index contributed by atoms with van der Waals surface area (Å²) < 4.78 is 0. The largest absolute Gasteiger partial charge is 0.342 e. The van der Waals surface area contributed by atoms with Gasteiger partial charge in [0.1, 0.15) is 0 Å². The van der Waals surface area contributed by atoms with Gasteiger partial charge >= 0.3 is 0 Å². The van der Waals surface area contributed by atoms with Gasteiger partial charge in [-0.05, 0) is 51.0 Å². The lowest BCUT2D eigenvalue weighted by Crippen LogP contribution is -2.47. The molecule has 142 valence electrons. The van der Waals surface area contributed by atoms with Crippen LogP contribution in [0.4, 0.5) is 0 Å². The second-order valence-corrected chi connectivity index (χ2v) is 8.34. The maximum Gasteiger partial charge on any atom is 0.227 e. The van der Waals surface area contributed by atoms with Crippen LogP contribution in [0.1, 0.15) is 57.8 Å². The molecule has 2 amide bonds. The number of piperidine rings is 1. The number of hydrogen-bond donors (Lipinski definition) is 1. The van der Waals surface area contributed by atoms with Crippen molar-refractivity contribution in [3.8, 4) is 0 Å². The topological polar surface area (TPSA) is 52.7 Å². The molecular weight excluding hydrogens is 338 g/mol. The molecule has 0 spiro atoms. The Labute approximate surface area is 157 Å². The Hall–Kier alpha value is -0.810. The van der Waals surface area contributed by atoms with E-state index in [2.05, 4.69) is 5.32 Å². The predicted octanol–water partition coefficient (Wildman–Crippen LogP) is 2.19. The van der Waals surface area contributed by atoms with E-state index in [4.69, 9.17) is 0 Å². The summed E-state index contributed by atoms with van der Waals surface area (Å²) >= 11 is 0. The highest BCUT2D eigenvalue weighted by Crippen LogP contribution is 2.31. The predicted molar refractivity (Wildman–Crippen MR) is 99.7 cm³/mol. The fraction of sp³-hybridized carbons (Fsp3) is 0.895. The molecule has 4 fully saturated rings. The van der Waals surface area contributed by atoms with Crippen molar-refractivity contribution in [2.24, 2.45) is 11.8 Å². The van der Waals surface area contributed by atoms with Crippen LogP contribution in [0, 0.1) is 11.8 Å². The lowest BCUT2D eigenvalue weighted by molar-refractivity contribution is -0.136. The van der Waals surface area contributed by atoms with Gasteiger partial charge in [-0.3, -0.25) is 9.59 Å². The van der Waals surface area contributed by atoms with Gasteiger partial charge in [-0.25, -0.2) is 0 Å². The number of carbonyl (C=O) groups excluding carboxylic acids is 2. The van der Waals surface area contributed by atoms with Crippen LogP contribution in [-0.4, -0.2) is 59.9 Å². The van der Waals surface area contributed by atoms with E-state index in [1.54, 1.807) is 0 Å². The first-order chi connectivity index (χ1) is 11.7. The second-order valence-electron chi connectivity index (χ2n) is 8.34. The highest BCUT2D eigenvalue weighted by atomic mass is 35.5. The van der Waals surface area contributed by atoms with E-state index in [9.17, 15) is 9.59 Å². The van der Waals surface area contributed by atoms with E-state index >= 15 is 0 Å². The number of likely N-dealkylation sites (tertiary alicyclic amines) is 2. The van der Waals surface area contributed by atoms with Crippen molar-refractivity contribution in [3.05, 3.63) is 0 Å². The minimum atomic E-state index is -0.0888. The molecule has 2 aliphatic carbocycles. The average molecular weight is 370 g/mol. The van der Waals surface area contributed by atoms with Gasteiger partial charge in [0.15, 0.2) is 0 Å². The third kappa shape index (κ3) is 4.48. The molecular formula is C19H32ClN3O2. The summed E-state index contributed by atoms with van der Waals surface area (Å²) in [4.78, 5) is 29.2. The van der Waals surface area contributed by atoms with Crippen LogP contribution in [-0.2, 0) is 9.59 Å². The van der Waals surface area contributed by atoms with E-state index in [0.717, 1.165) is 51.2 Å². The third-order valence-electron chi connectivity index (χ3n) is 6.47. The fourth-order valence-corrected chi connectivity index (χ4v) is 4.68. The Kier molecular flexibility index (Phi) is 6.26. The molecule has 0 aromatic heterocycles. The van der Waals surface area contributed by atoms with Crippen LogP contribution in [0.25, 0.3) is 0 Å². The van der Waals surface area contributed by atoms with Gasteiger partial charge in [-0.2, -0.15) is 0 Å². The molecule has 2 saturated heterocycles. The van der Waals surface area contributed by atoms with Gasteiger partial charge < -0.3 is 15.1 Å². The molecule has 0 aromatic carbocycles. The highest BCUT2D eigenvalue weighted by molar-refractivity contribution is 5.89. The Morgan fingerprint density at radius 1 is 1.04 bits per heavy atom. The summed E-state index contributed by atoms with van der Waals surface area (Å²) in [5.41, 5.74) is 0. The number of amides is 2. The normalized spacial score (nSPS) is 28.5. The molecule has 1 unspecified atom stereocenters. The summed E-state index contributed by atoms with van der Waals surface area (Å²) in [5.74, 6) is 1.26. The monoisotopic (exact) mass is 369 g/mol. The smallest absolute Gasteiger partial charge is 0.227 e. The van der Waals surface area contributed by atoms with Gasteiger partial charge in [0, 0.05) is 38.1 Å². The van der Waals surface area contributed by atoms with Crippen molar-refractivity contribution >= 4 is 24.2 Å². The summed E-state index contributed by atoms with van der Waals surface area (Å²) in [5, 5.41) is 3.66. The average Bonchev–Trinajstić information content (AvgIpc) is 3.11. The second kappa shape index (κ2) is 8.26. The molecule has 4 aliphatic rings. The summed E-state index contributed by atoms with van der Waals surface area (Å²) in [6.45, 7) is 3.54. The van der Waals surface area contributed by atoms with Gasteiger partial charge in [0.2, 0.25) is 11.8 Å². The zero-order valence-electron chi connectivity index (χ0n) is 15.1. The van der Waals surface area contributed by atoms with Gasteiger partial charge in [0.05, 0.1) is 5.92 Å². The zero-order chi connectivity index (χ0) is 16.5. The molecule has 1 N–H and O–H groups in total. The van der Waals surface area contributed by atoms with Crippen molar-refractivity contribution < 1.29 is 9.59 Å². The highest BCUT2D eigenvalue weighted by Gasteiger charge is 2.40. The fourth-order valence-electron chi connectivity index (χ4n) is 4.68. The van der Waals surface area contributed by atoms with Crippen molar-refractivity contribution in [1.82, 2.24) is 15.1 Å². The Bertz CT molecular complexity index is 483. The molecule has 1 atom stereocenters. The van der Waals surface area contributed by atoms with Gasteiger partial charge in [0.25, 0.3) is 0 Å². The molecule has 0 radical (unpaired) electrons. The molecule has 5 nitrogen and oxygen atoms in total. The van der Waals surface area contributed by atoms with Crippen molar-refractivity contribution in [3.63, 3.8) is 0 Å². The molecule has 2 heterocycles. The van der Waals surface area contributed by atoms with Crippen LogP contribution in [0.5, 0.6) is 0 Å². The molecule has 2 aliphatic heterocycles. The SMILES string of the molecule is Cl.O=C(C1CC(=O)N(C2CCCC2)C1)N1CCC(NCC2CC2)CC1. The first-order valence-corrected chi connectivity index (χ1v) is 10.0. The van der Waals surface area contributed by atoms with E-state index in [1.165, 1.54) is 25.7 Å². The third-order valence-corrected chi connectivity index (χ3v) is 6.47. The van der Waals surface area contributed by atoms with Crippen LogP contribution < -0.4 is 5.32 Å². The van der Waals surface area contributed by atoms with Gasteiger partial charge in [-0.15, -0.1) is 12.4 Å². The molecule has 2 saturated carbocycles. The minimum Gasteiger partial charge on any atom is -0.342 e. The number of hydrogen-bond acceptors (Lipinski definition) is 3. The molecule has 6 heteroatoms. The number of nitrogens with zero attached hydrogens (tertiary/aromatic N) is 2. The summed E-state index contributed by atoms with van der Waals surface area (Å²) in [6.07, 6.45) is 10.1. The van der Waals surface area contributed by atoms with Crippen molar-refractivity contribution in [2.45, 2.75) is 69.9 Å². The van der Waals surface area contributed by atoms with Gasteiger partial charge in [-0.1, -0.05) is 12.8 Å². The lowest BCUT2D eigenvalue weighted by Gasteiger charge is -2.34. The van der Waals surface area contributed by atoms with E-state index in [1.807, 2.05) is 9.80 Å². The maximum atomic E-state index is 12.8. The summed E-state index contributed by atoms with van der Waals surface area (Å²) in [6, 6.07) is 0.988. The number of nitrogens with one attached hydrogen (secondary N) is 1. The zero-order valence-corrected chi connectivity index (χ0v) is 15.9. The van der Waals surface area contributed by atoms with Crippen molar-refractivity contribution in [2.75, 3.05) is 26.2 Å². The van der Waals surface area contributed by atoms with E-state index in [0.29, 0.717) is 25.0 Å². The Morgan fingerprint density at radius 2 is 1.72 bits per heavy atom. The Morgan fingerprint density at radius 3 is 2.36 bits per heavy atom. The van der Waals surface area contributed by atoms with E-state index in [-0.39, 0.29) is 30.1 Å². The maximum absolute atomic E-state index is 12.8. The molecule has 0 bridgehead atoms. The van der Waals surface area contributed by atoms with E-state index < -0.39 is 0 Å². The molecule has 4 rings (SSSR count). The quantitative estimate of drug-likeness (QED) is 0.808. The van der Waals surface area contributed by atoms with Crippen molar-refractivity contribution in [1.29, 1.82) is 0 Å².